The molecule has 0 radical (unpaired) electrons. The van der Waals surface area contributed by atoms with Gasteiger partial charge < -0.3 is 15.2 Å². The molecule has 0 bridgehead atoms. The second-order valence-corrected chi connectivity index (χ2v) is 4.38. The van der Waals surface area contributed by atoms with Crippen LogP contribution in [-0.4, -0.2) is 41.4 Å². The third-order valence-electron chi connectivity index (χ3n) is 3.25. The highest BCUT2D eigenvalue weighted by atomic mass is 127. The minimum Gasteiger partial charge on any atom is -0.359 e. The van der Waals surface area contributed by atoms with Crippen molar-refractivity contribution in [1.82, 2.24) is 25.4 Å². The van der Waals surface area contributed by atoms with Gasteiger partial charge in [0.1, 0.15) is 11.6 Å². The average Bonchev–Trinajstić information content (AvgIpc) is 2.72. The summed E-state index contributed by atoms with van der Waals surface area (Å²) in [5.41, 5.74) is 0. The number of aromatic nitrogens is 3. The van der Waals surface area contributed by atoms with E-state index in [9.17, 15) is 0 Å². The maximum atomic E-state index is 4.17. The third-order valence-corrected chi connectivity index (χ3v) is 3.25. The molecule has 6 nitrogen and oxygen atoms in total. The summed E-state index contributed by atoms with van der Waals surface area (Å²) in [7, 11) is 3.65. The third kappa shape index (κ3) is 3.33. The van der Waals surface area contributed by atoms with Gasteiger partial charge in [-0.2, -0.15) is 0 Å². The number of guanidine groups is 1. The summed E-state index contributed by atoms with van der Waals surface area (Å²) in [6.45, 7) is 3.95. The van der Waals surface area contributed by atoms with Gasteiger partial charge in [-0.3, -0.25) is 4.99 Å². The molecule has 1 aromatic heterocycles. The summed E-state index contributed by atoms with van der Waals surface area (Å²) in [6.07, 6.45) is 2.18. The summed E-state index contributed by atoms with van der Waals surface area (Å²) < 4.78 is 2.22. The second-order valence-electron chi connectivity index (χ2n) is 4.38. The molecule has 1 aliphatic rings. The van der Waals surface area contributed by atoms with Crippen LogP contribution in [0.5, 0.6) is 0 Å². The molecule has 102 valence electrons. The molecule has 2 heterocycles. The first-order chi connectivity index (χ1) is 8.24. The maximum Gasteiger partial charge on any atom is 0.190 e. The molecule has 0 fully saturated rings. The molecule has 0 amide bonds. The smallest absolute Gasteiger partial charge is 0.190 e. The lowest BCUT2D eigenvalue weighted by atomic mass is 9.99. The highest BCUT2D eigenvalue weighted by Crippen LogP contribution is 2.18. The van der Waals surface area contributed by atoms with Gasteiger partial charge in [-0.1, -0.05) is 0 Å². The van der Waals surface area contributed by atoms with Gasteiger partial charge in [0.2, 0.25) is 0 Å². The molecule has 7 heteroatoms. The second kappa shape index (κ2) is 6.91. The standard InChI is InChI=1S/C11H20N6.HI/c1-8-15-16-10-5-4-9(7-17(8)10)6-14-11(12-2)13-3;/h9H,4-7H2,1-3H3,(H2,12,13,14);1H. The Morgan fingerprint density at radius 2 is 2.28 bits per heavy atom. The molecule has 0 spiro atoms. The van der Waals surface area contributed by atoms with Crippen LogP contribution in [0.1, 0.15) is 18.1 Å². The van der Waals surface area contributed by atoms with Crippen LogP contribution in [0.15, 0.2) is 4.99 Å². The maximum absolute atomic E-state index is 4.17. The molecule has 0 aliphatic carbocycles. The van der Waals surface area contributed by atoms with Crippen LogP contribution < -0.4 is 10.6 Å². The van der Waals surface area contributed by atoms with E-state index in [0.717, 1.165) is 43.5 Å². The minimum absolute atomic E-state index is 0. The van der Waals surface area contributed by atoms with Gasteiger partial charge in [0.05, 0.1) is 0 Å². The molecular weight excluding hydrogens is 343 g/mol. The lowest BCUT2D eigenvalue weighted by Crippen LogP contribution is -2.39. The number of hydrogen-bond donors (Lipinski definition) is 2. The molecular formula is C11H21IN6. The zero-order valence-electron chi connectivity index (χ0n) is 11.1. The lowest BCUT2D eigenvalue weighted by Gasteiger charge is -2.24. The van der Waals surface area contributed by atoms with E-state index < -0.39 is 0 Å². The Hall–Kier alpha value is -0.860. The molecule has 2 rings (SSSR count). The first kappa shape index (κ1) is 15.2. The number of nitrogens with zero attached hydrogens (tertiary/aromatic N) is 4. The molecule has 18 heavy (non-hydrogen) atoms. The van der Waals surface area contributed by atoms with Crippen molar-refractivity contribution in [1.29, 1.82) is 0 Å². The van der Waals surface area contributed by atoms with Gasteiger partial charge in [-0.15, -0.1) is 34.2 Å². The summed E-state index contributed by atoms with van der Waals surface area (Å²) >= 11 is 0. The summed E-state index contributed by atoms with van der Waals surface area (Å²) in [5.74, 6) is 3.60. The quantitative estimate of drug-likeness (QED) is 0.457. The van der Waals surface area contributed by atoms with Gasteiger partial charge in [0, 0.05) is 33.6 Å². The SMILES string of the molecule is CN=C(NC)NCC1CCc2nnc(C)n2C1.I. The number of rotatable bonds is 2. The van der Waals surface area contributed by atoms with Gasteiger partial charge in [-0.25, -0.2) is 0 Å². The molecule has 1 aliphatic heterocycles. The molecule has 0 saturated heterocycles. The fourth-order valence-electron chi connectivity index (χ4n) is 2.22. The largest absolute Gasteiger partial charge is 0.359 e. The van der Waals surface area contributed by atoms with E-state index in [1.807, 2.05) is 14.0 Å². The van der Waals surface area contributed by atoms with E-state index in [1.54, 1.807) is 7.05 Å². The average molecular weight is 364 g/mol. The van der Waals surface area contributed by atoms with E-state index in [4.69, 9.17) is 0 Å². The van der Waals surface area contributed by atoms with Crippen LogP contribution in [0.4, 0.5) is 0 Å². The minimum atomic E-state index is 0. The highest BCUT2D eigenvalue weighted by Gasteiger charge is 2.21. The lowest BCUT2D eigenvalue weighted by molar-refractivity contribution is 0.359. The normalized spacial score (nSPS) is 18.8. The highest BCUT2D eigenvalue weighted by molar-refractivity contribution is 14.0. The summed E-state index contributed by atoms with van der Waals surface area (Å²) in [4.78, 5) is 4.11. The van der Waals surface area contributed by atoms with Crippen molar-refractivity contribution in [3.8, 4) is 0 Å². The molecule has 0 aromatic carbocycles. The Morgan fingerprint density at radius 3 is 2.94 bits per heavy atom. The Balaban J connectivity index is 0.00000162. The molecule has 0 saturated carbocycles. The van der Waals surface area contributed by atoms with Crippen molar-refractivity contribution in [2.75, 3.05) is 20.6 Å². The Labute approximate surface area is 125 Å². The number of fused-ring (bicyclic) bond motifs is 1. The Morgan fingerprint density at radius 1 is 1.50 bits per heavy atom. The summed E-state index contributed by atoms with van der Waals surface area (Å²) in [5, 5.41) is 14.6. The fourth-order valence-corrected chi connectivity index (χ4v) is 2.22. The Bertz CT molecular complexity index is 414. The van der Waals surface area contributed by atoms with Gasteiger partial charge >= 0.3 is 0 Å². The van der Waals surface area contributed by atoms with E-state index in [2.05, 4.69) is 30.4 Å². The zero-order valence-corrected chi connectivity index (χ0v) is 13.4. The van der Waals surface area contributed by atoms with Crippen LogP contribution in [0.3, 0.4) is 0 Å². The molecule has 1 atom stereocenters. The first-order valence-corrected chi connectivity index (χ1v) is 6.01. The van der Waals surface area contributed by atoms with Crippen molar-refractivity contribution in [3.05, 3.63) is 11.6 Å². The van der Waals surface area contributed by atoms with Crippen molar-refractivity contribution in [3.63, 3.8) is 0 Å². The predicted molar refractivity (Wildman–Crippen MR) is 82.4 cm³/mol. The Kier molecular flexibility index (Phi) is 5.83. The van der Waals surface area contributed by atoms with Crippen molar-refractivity contribution < 1.29 is 0 Å². The number of nitrogens with one attached hydrogen (secondary N) is 2. The van der Waals surface area contributed by atoms with Crippen molar-refractivity contribution >= 4 is 29.9 Å². The van der Waals surface area contributed by atoms with Crippen LogP contribution in [0, 0.1) is 12.8 Å². The topological polar surface area (TPSA) is 67.1 Å². The fraction of sp³-hybridized carbons (Fsp3) is 0.727. The number of halogens is 1. The van der Waals surface area contributed by atoms with Crippen LogP contribution in [0.25, 0.3) is 0 Å². The first-order valence-electron chi connectivity index (χ1n) is 6.01. The predicted octanol–water partition coefficient (Wildman–Crippen LogP) is 0.562. The number of hydrogen-bond acceptors (Lipinski definition) is 3. The summed E-state index contributed by atoms with van der Waals surface area (Å²) in [6, 6.07) is 0. The van der Waals surface area contributed by atoms with Crippen molar-refractivity contribution in [2.45, 2.75) is 26.3 Å². The molecule has 1 aromatic rings. The molecule has 1 unspecified atom stereocenters. The number of aryl methyl sites for hydroxylation is 2. The van der Waals surface area contributed by atoms with Crippen LogP contribution in [0.2, 0.25) is 0 Å². The molecule has 2 N–H and O–H groups in total. The van der Waals surface area contributed by atoms with Crippen LogP contribution >= 0.6 is 24.0 Å². The monoisotopic (exact) mass is 364 g/mol. The van der Waals surface area contributed by atoms with E-state index in [0.29, 0.717) is 5.92 Å². The van der Waals surface area contributed by atoms with Gasteiger partial charge in [-0.05, 0) is 19.3 Å². The van der Waals surface area contributed by atoms with E-state index >= 15 is 0 Å². The van der Waals surface area contributed by atoms with E-state index in [-0.39, 0.29) is 24.0 Å². The number of aliphatic imine (C=N–C) groups is 1. The van der Waals surface area contributed by atoms with Gasteiger partial charge in [0.25, 0.3) is 0 Å². The van der Waals surface area contributed by atoms with Crippen molar-refractivity contribution in [2.24, 2.45) is 10.9 Å². The zero-order chi connectivity index (χ0) is 12.3. The van der Waals surface area contributed by atoms with Crippen LogP contribution in [-0.2, 0) is 13.0 Å². The van der Waals surface area contributed by atoms with Gasteiger partial charge in [0.15, 0.2) is 5.96 Å². The van der Waals surface area contributed by atoms with E-state index in [1.165, 1.54) is 0 Å².